The van der Waals surface area contributed by atoms with Gasteiger partial charge in [0.25, 0.3) is 0 Å². The van der Waals surface area contributed by atoms with Crippen LogP contribution in [0.5, 0.6) is 5.75 Å². The van der Waals surface area contributed by atoms with Crippen LogP contribution in [-0.4, -0.2) is 55.8 Å². The number of nitrogens with zero attached hydrogens (tertiary/aromatic N) is 3. The van der Waals surface area contributed by atoms with Crippen LogP contribution in [0.1, 0.15) is 11.4 Å². The number of hydrogen-bond donors (Lipinski definition) is 3. The Morgan fingerprint density at radius 3 is 2.61 bits per heavy atom. The number of primary amides is 1. The summed E-state index contributed by atoms with van der Waals surface area (Å²) < 4.78 is 10.6. The molecule has 0 spiro atoms. The van der Waals surface area contributed by atoms with Gasteiger partial charge in [-0.15, -0.1) is 0 Å². The number of methoxy groups -OCH3 is 1. The van der Waals surface area contributed by atoms with Crippen LogP contribution < -0.4 is 26.4 Å². The van der Waals surface area contributed by atoms with Gasteiger partial charge in [0.15, 0.2) is 17.5 Å². The Hall–Kier alpha value is -3.33. The molecule has 1 amide bonds. The number of nitrogens with one attached hydrogen (secondary N) is 1. The van der Waals surface area contributed by atoms with E-state index in [1.165, 1.54) is 0 Å². The molecule has 0 aliphatic carbocycles. The number of nitrogens with two attached hydrogens (primary N) is 2. The molecule has 5 N–H and O–H groups in total. The molecular formula is C19H24N6O3. The lowest BCUT2D eigenvalue weighted by Crippen LogP contribution is -2.37. The topological polar surface area (TPSA) is 129 Å². The number of carbonyl (C=O) groups excluding carboxylic acids is 1. The Balaban J connectivity index is 1.90. The highest BCUT2D eigenvalue weighted by Gasteiger charge is 2.19. The number of rotatable bonds is 7. The fraction of sp³-hybridized carbons (Fsp3) is 0.316. The van der Waals surface area contributed by atoms with Gasteiger partial charge in [0.1, 0.15) is 11.4 Å². The lowest BCUT2D eigenvalue weighted by Gasteiger charge is -2.29. The van der Waals surface area contributed by atoms with E-state index in [-0.39, 0.29) is 6.54 Å². The van der Waals surface area contributed by atoms with E-state index in [2.05, 4.69) is 15.3 Å². The van der Waals surface area contributed by atoms with Gasteiger partial charge in [-0.2, -0.15) is 0 Å². The van der Waals surface area contributed by atoms with Crippen LogP contribution in [0.3, 0.4) is 0 Å². The van der Waals surface area contributed by atoms with E-state index in [4.69, 9.17) is 20.9 Å². The molecule has 1 saturated heterocycles. The third-order valence-electron chi connectivity index (χ3n) is 4.22. The van der Waals surface area contributed by atoms with E-state index in [0.717, 1.165) is 11.3 Å². The third kappa shape index (κ3) is 4.89. The number of nitrogen functional groups attached to an aromatic ring is 1. The molecule has 2 aromatic rings. The summed E-state index contributed by atoms with van der Waals surface area (Å²) in [5.41, 5.74) is 12.8. The van der Waals surface area contributed by atoms with E-state index < -0.39 is 5.91 Å². The first-order valence-corrected chi connectivity index (χ1v) is 8.91. The molecule has 1 aromatic carbocycles. The van der Waals surface area contributed by atoms with Crippen LogP contribution in [0.15, 0.2) is 24.3 Å². The zero-order chi connectivity index (χ0) is 19.9. The summed E-state index contributed by atoms with van der Waals surface area (Å²) in [6.07, 6.45) is 3.69. The molecule has 28 heavy (non-hydrogen) atoms. The molecule has 1 aromatic heterocycles. The van der Waals surface area contributed by atoms with Gasteiger partial charge < -0.3 is 31.2 Å². The van der Waals surface area contributed by atoms with Crippen LogP contribution >= 0.6 is 0 Å². The van der Waals surface area contributed by atoms with E-state index in [1.807, 2.05) is 35.2 Å². The van der Waals surface area contributed by atoms with Gasteiger partial charge in [-0.05, 0) is 23.8 Å². The average Bonchev–Trinajstić information content (AvgIpc) is 2.73. The van der Waals surface area contributed by atoms with E-state index in [9.17, 15) is 4.79 Å². The maximum atomic E-state index is 11.1. The number of carbonyl (C=O) groups is 1. The largest absolute Gasteiger partial charge is 0.497 e. The summed E-state index contributed by atoms with van der Waals surface area (Å²) in [5, 5.41) is 2.89. The summed E-state index contributed by atoms with van der Waals surface area (Å²) in [5.74, 6) is 1.75. The Bertz CT molecular complexity index is 847. The molecule has 9 heteroatoms. The molecule has 148 valence electrons. The summed E-state index contributed by atoms with van der Waals surface area (Å²) in [6.45, 7) is 2.50. The minimum atomic E-state index is -0.499. The van der Waals surface area contributed by atoms with Crippen LogP contribution in [0.25, 0.3) is 12.2 Å². The highest BCUT2D eigenvalue weighted by atomic mass is 16.5. The van der Waals surface area contributed by atoms with E-state index in [0.29, 0.717) is 49.5 Å². The predicted octanol–water partition coefficient (Wildman–Crippen LogP) is 0.972. The average molecular weight is 384 g/mol. The SMILES string of the molecule is COc1ccc(/C=C/c2nc(NCC(N)=O)c(N)c(N3CCOCC3)n2)cc1. The van der Waals surface area contributed by atoms with Crippen molar-refractivity contribution >= 4 is 35.4 Å². The zero-order valence-corrected chi connectivity index (χ0v) is 15.7. The van der Waals surface area contributed by atoms with Crippen LogP contribution in [0, 0.1) is 0 Å². The van der Waals surface area contributed by atoms with Crippen molar-refractivity contribution in [3.05, 3.63) is 35.7 Å². The minimum absolute atomic E-state index is 0.0641. The quantitative estimate of drug-likeness (QED) is 0.644. The molecule has 0 saturated carbocycles. The lowest BCUT2D eigenvalue weighted by molar-refractivity contribution is -0.116. The first-order chi connectivity index (χ1) is 13.6. The first kappa shape index (κ1) is 19.4. The lowest BCUT2D eigenvalue weighted by atomic mass is 10.2. The van der Waals surface area contributed by atoms with Crippen molar-refractivity contribution in [2.75, 3.05) is 55.9 Å². The Morgan fingerprint density at radius 1 is 1.25 bits per heavy atom. The number of hydrogen-bond acceptors (Lipinski definition) is 8. The number of amides is 1. The number of aromatic nitrogens is 2. The monoisotopic (exact) mass is 384 g/mol. The fourth-order valence-electron chi connectivity index (χ4n) is 2.76. The molecule has 2 heterocycles. The van der Waals surface area contributed by atoms with Gasteiger partial charge in [0, 0.05) is 13.1 Å². The Kier molecular flexibility index (Phi) is 6.28. The van der Waals surface area contributed by atoms with Crippen molar-refractivity contribution in [3.63, 3.8) is 0 Å². The number of morpholine rings is 1. The van der Waals surface area contributed by atoms with Crippen molar-refractivity contribution in [3.8, 4) is 5.75 Å². The third-order valence-corrected chi connectivity index (χ3v) is 4.22. The molecule has 1 aliphatic rings. The van der Waals surface area contributed by atoms with Gasteiger partial charge in [-0.1, -0.05) is 18.2 Å². The van der Waals surface area contributed by atoms with Gasteiger partial charge in [0.2, 0.25) is 5.91 Å². The molecule has 3 rings (SSSR count). The zero-order valence-electron chi connectivity index (χ0n) is 15.7. The highest BCUT2D eigenvalue weighted by Crippen LogP contribution is 2.28. The summed E-state index contributed by atoms with van der Waals surface area (Å²) >= 11 is 0. The first-order valence-electron chi connectivity index (χ1n) is 8.91. The normalized spacial score (nSPS) is 14.2. The van der Waals surface area contributed by atoms with E-state index >= 15 is 0 Å². The second-order valence-electron chi connectivity index (χ2n) is 6.19. The van der Waals surface area contributed by atoms with Gasteiger partial charge in [0.05, 0.1) is 26.9 Å². The fourth-order valence-corrected chi connectivity index (χ4v) is 2.76. The number of anilines is 3. The standard InChI is InChI=1S/C19H24N6O3/c1-27-14-5-2-13(3-6-14)4-7-16-23-18(22-12-15(20)26)17(21)19(24-16)25-8-10-28-11-9-25/h2-7H,8-12,21H2,1H3,(H2,20,26)(H,22,23,24)/b7-4+. The van der Waals surface area contributed by atoms with Crippen molar-refractivity contribution in [2.24, 2.45) is 5.73 Å². The van der Waals surface area contributed by atoms with Crippen molar-refractivity contribution < 1.29 is 14.3 Å². The second-order valence-corrected chi connectivity index (χ2v) is 6.19. The van der Waals surface area contributed by atoms with Crippen LogP contribution in [-0.2, 0) is 9.53 Å². The smallest absolute Gasteiger partial charge is 0.236 e. The molecule has 9 nitrogen and oxygen atoms in total. The summed E-state index contributed by atoms with van der Waals surface area (Å²) in [6, 6.07) is 7.62. The molecule has 0 unspecified atom stereocenters. The Morgan fingerprint density at radius 2 is 1.96 bits per heavy atom. The second kappa shape index (κ2) is 9.05. The number of ether oxygens (including phenoxy) is 2. The summed E-state index contributed by atoms with van der Waals surface area (Å²) in [4.78, 5) is 22.2. The molecule has 0 atom stereocenters. The predicted molar refractivity (Wildman–Crippen MR) is 109 cm³/mol. The molecule has 0 bridgehead atoms. The van der Waals surface area contributed by atoms with Crippen LogP contribution in [0.4, 0.5) is 17.3 Å². The van der Waals surface area contributed by atoms with E-state index in [1.54, 1.807) is 13.2 Å². The van der Waals surface area contributed by atoms with Crippen molar-refractivity contribution in [1.82, 2.24) is 9.97 Å². The summed E-state index contributed by atoms with van der Waals surface area (Å²) in [7, 11) is 1.63. The molecular weight excluding hydrogens is 360 g/mol. The molecule has 1 aliphatic heterocycles. The molecule has 1 fully saturated rings. The maximum Gasteiger partial charge on any atom is 0.236 e. The van der Waals surface area contributed by atoms with Gasteiger partial charge in [-0.3, -0.25) is 4.79 Å². The van der Waals surface area contributed by atoms with Crippen molar-refractivity contribution in [1.29, 1.82) is 0 Å². The molecule has 0 radical (unpaired) electrons. The van der Waals surface area contributed by atoms with Crippen LogP contribution in [0.2, 0.25) is 0 Å². The van der Waals surface area contributed by atoms with Crippen molar-refractivity contribution in [2.45, 2.75) is 0 Å². The van der Waals surface area contributed by atoms with Gasteiger partial charge >= 0.3 is 0 Å². The van der Waals surface area contributed by atoms with Gasteiger partial charge in [-0.25, -0.2) is 9.97 Å². The Labute approximate surface area is 163 Å². The minimum Gasteiger partial charge on any atom is -0.497 e. The highest BCUT2D eigenvalue weighted by molar-refractivity contribution is 5.83. The maximum absolute atomic E-state index is 11.1. The number of benzene rings is 1.